The fraction of sp³-hybridized carbons (Fsp3) is 0.462. The fourth-order valence-corrected chi connectivity index (χ4v) is 3.04. The van der Waals surface area contributed by atoms with Crippen LogP contribution in [0.2, 0.25) is 0 Å². The third-order valence-electron chi connectivity index (χ3n) is 3.36. The lowest BCUT2D eigenvalue weighted by Crippen LogP contribution is -2.53. The Kier molecular flexibility index (Phi) is 4.62. The standard InChI is InChI=1S/C13H19N3O4S/c1-8-3-4-10(7-11(8)21(14,18)19)16-13(17)12-9(2)20-6-5-15-12/h3-4,7,9,12,15H,5-6H2,1-2H3,(H,16,17)(H2,14,18,19)/t9-,12+/m1/s1. The molecular formula is C13H19N3O4S. The Bertz CT molecular complexity index is 645. The number of carbonyl (C=O) groups is 1. The molecule has 1 saturated heterocycles. The van der Waals surface area contributed by atoms with Gasteiger partial charge >= 0.3 is 0 Å². The summed E-state index contributed by atoms with van der Waals surface area (Å²) in [4.78, 5) is 12.2. The van der Waals surface area contributed by atoms with E-state index in [-0.39, 0.29) is 16.9 Å². The van der Waals surface area contributed by atoms with Gasteiger partial charge < -0.3 is 15.4 Å². The summed E-state index contributed by atoms with van der Waals surface area (Å²) in [6, 6.07) is 4.12. The van der Waals surface area contributed by atoms with Gasteiger partial charge in [-0.05, 0) is 31.5 Å². The third kappa shape index (κ3) is 3.79. The minimum absolute atomic E-state index is 0.00111. The van der Waals surface area contributed by atoms with Gasteiger partial charge in [0.25, 0.3) is 0 Å². The normalized spacial score (nSPS) is 22.8. The predicted molar refractivity (Wildman–Crippen MR) is 78.4 cm³/mol. The molecule has 1 amide bonds. The maximum Gasteiger partial charge on any atom is 0.244 e. The van der Waals surface area contributed by atoms with Crippen molar-refractivity contribution in [2.45, 2.75) is 30.9 Å². The molecule has 0 aliphatic carbocycles. The van der Waals surface area contributed by atoms with Gasteiger partial charge in [-0.1, -0.05) is 6.07 Å². The van der Waals surface area contributed by atoms with Crippen molar-refractivity contribution < 1.29 is 17.9 Å². The lowest BCUT2D eigenvalue weighted by atomic mass is 10.1. The van der Waals surface area contributed by atoms with Crippen LogP contribution in [0.15, 0.2) is 23.1 Å². The molecule has 116 valence electrons. The number of nitrogens with two attached hydrogens (primary N) is 1. The number of amides is 1. The molecular weight excluding hydrogens is 294 g/mol. The Labute approximate surface area is 123 Å². The first-order valence-corrected chi connectivity index (χ1v) is 8.13. The van der Waals surface area contributed by atoms with Gasteiger partial charge in [0.2, 0.25) is 15.9 Å². The second-order valence-electron chi connectivity index (χ2n) is 5.02. The summed E-state index contributed by atoms with van der Waals surface area (Å²) in [5.41, 5.74) is 0.914. The van der Waals surface area contributed by atoms with Crippen LogP contribution in [0, 0.1) is 6.92 Å². The monoisotopic (exact) mass is 313 g/mol. The number of ether oxygens (including phenoxy) is 1. The zero-order valence-electron chi connectivity index (χ0n) is 11.9. The molecule has 1 aliphatic rings. The Morgan fingerprint density at radius 2 is 2.19 bits per heavy atom. The SMILES string of the molecule is Cc1ccc(NC(=O)[C@H]2NCCO[C@@H]2C)cc1S(N)(=O)=O. The van der Waals surface area contributed by atoms with Crippen molar-refractivity contribution in [1.29, 1.82) is 0 Å². The fourth-order valence-electron chi connectivity index (χ4n) is 2.23. The quantitative estimate of drug-likeness (QED) is 0.725. The highest BCUT2D eigenvalue weighted by molar-refractivity contribution is 7.89. The summed E-state index contributed by atoms with van der Waals surface area (Å²) in [6.07, 6.45) is -0.248. The summed E-state index contributed by atoms with van der Waals surface area (Å²) < 4.78 is 28.4. The van der Waals surface area contributed by atoms with Crippen LogP contribution in [0.25, 0.3) is 0 Å². The van der Waals surface area contributed by atoms with Crippen molar-refractivity contribution in [3.8, 4) is 0 Å². The average molecular weight is 313 g/mol. The molecule has 8 heteroatoms. The van der Waals surface area contributed by atoms with E-state index in [9.17, 15) is 13.2 Å². The van der Waals surface area contributed by atoms with Gasteiger partial charge in [-0.2, -0.15) is 0 Å². The van der Waals surface area contributed by atoms with E-state index in [1.807, 2.05) is 0 Å². The molecule has 1 aliphatic heterocycles. The number of primary sulfonamides is 1. The summed E-state index contributed by atoms with van der Waals surface area (Å²) >= 11 is 0. The van der Waals surface area contributed by atoms with Crippen LogP contribution in [0.4, 0.5) is 5.69 Å². The van der Waals surface area contributed by atoms with E-state index in [1.165, 1.54) is 6.07 Å². The van der Waals surface area contributed by atoms with E-state index in [1.54, 1.807) is 26.0 Å². The summed E-state index contributed by atoms with van der Waals surface area (Å²) in [5.74, 6) is -0.272. The minimum atomic E-state index is -3.82. The minimum Gasteiger partial charge on any atom is -0.375 e. The second kappa shape index (κ2) is 6.10. The Morgan fingerprint density at radius 3 is 2.81 bits per heavy atom. The van der Waals surface area contributed by atoms with E-state index in [0.717, 1.165) is 0 Å². The molecule has 1 fully saturated rings. The first-order valence-electron chi connectivity index (χ1n) is 6.58. The smallest absolute Gasteiger partial charge is 0.244 e. The molecule has 1 aromatic carbocycles. The van der Waals surface area contributed by atoms with E-state index in [2.05, 4.69) is 10.6 Å². The van der Waals surface area contributed by atoms with Gasteiger partial charge in [0.05, 0.1) is 17.6 Å². The van der Waals surface area contributed by atoms with Crippen LogP contribution >= 0.6 is 0 Å². The van der Waals surface area contributed by atoms with Crippen molar-refractivity contribution >= 4 is 21.6 Å². The van der Waals surface area contributed by atoms with E-state index in [0.29, 0.717) is 24.4 Å². The van der Waals surface area contributed by atoms with Gasteiger partial charge in [-0.3, -0.25) is 4.79 Å². The van der Waals surface area contributed by atoms with E-state index < -0.39 is 16.1 Å². The average Bonchev–Trinajstić information content (AvgIpc) is 2.40. The van der Waals surface area contributed by atoms with Crippen LogP contribution < -0.4 is 15.8 Å². The van der Waals surface area contributed by atoms with Gasteiger partial charge in [0.1, 0.15) is 6.04 Å². The number of sulfonamides is 1. The second-order valence-corrected chi connectivity index (χ2v) is 6.55. The van der Waals surface area contributed by atoms with Crippen molar-refractivity contribution in [2.24, 2.45) is 5.14 Å². The zero-order chi connectivity index (χ0) is 15.6. The van der Waals surface area contributed by atoms with Gasteiger partial charge in [0.15, 0.2) is 0 Å². The van der Waals surface area contributed by atoms with E-state index in [4.69, 9.17) is 9.88 Å². The van der Waals surface area contributed by atoms with Gasteiger partial charge in [-0.25, -0.2) is 13.6 Å². The Balaban J connectivity index is 2.18. The Morgan fingerprint density at radius 1 is 1.48 bits per heavy atom. The van der Waals surface area contributed by atoms with Crippen molar-refractivity contribution in [3.63, 3.8) is 0 Å². The number of rotatable bonds is 3. The van der Waals surface area contributed by atoms with Crippen molar-refractivity contribution in [3.05, 3.63) is 23.8 Å². The van der Waals surface area contributed by atoms with Crippen LogP contribution in [-0.2, 0) is 19.6 Å². The summed E-state index contributed by atoms with van der Waals surface area (Å²) in [6.45, 7) is 4.61. The molecule has 1 heterocycles. The topological polar surface area (TPSA) is 111 Å². The molecule has 0 bridgehead atoms. The van der Waals surface area contributed by atoms with Gasteiger partial charge in [-0.15, -0.1) is 0 Å². The number of benzene rings is 1. The first kappa shape index (κ1) is 15.9. The third-order valence-corrected chi connectivity index (χ3v) is 4.41. The number of hydrogen-bond acceptors (Lipinski definition) is 5. The van der Waals surface area contributed by atoms with Crippen LogP contribution in [-0.4, -0.2) is 39.6 Å². The molecule has 4 N–H and O–H groups in total. The van der Waals surface area contributed by atoms with Crippen molar-refractivity contribution in [2.75, 3.05) is 18.5 Å². The number of aryl methyl sites for hydroxylation is 1. The highest BCUT2D eigenvalue weighted by Gasteiger charge is 2.28. The lowest BCUT2D eigenvalue weighted by Gasteiger charge is -2.29. The van der Waals surface area contributed by atoms with Gasteiger partial charge in [0, 0.05) is 12.2 Å². The maximum atomic E-state index is 12.2. The number of nitrogens with one attached hydrogen (secondary N) is 2. The largest absolute Gasteiger partial charge is 0.375 e. The maximum absolute atomic E-state index is 12.2. The number of carbonyl (C=O) groups excluding carboxylic acids is 1. The summed E-state index contributed by atoms with van der Waals surface area (Å²) in [5, 5.41) is 10.9. The number of hydrogen-bond donors (Lipinski definition) is 3. The number of morpholine rings is 1. The molecule has 7 nitrogen and oxygen atoms in total. The van der Waals surface area contributed by atoms with Crippen LogP contribution in [0.5, 0.6) is 0 Å². The molecule has 2 atom stereocenters. The first-order chi connectivity index (χ1) is 9.79. The van der Waals surface area contributed by atoms with E-state index >= 15 is 0 Å². The highest BCUT2D eigenvalue weighted by Crippen LogP contribution is 2.19. The van der Waals surface area contributed by atoms with Crippen LogP contribution in [0.1, 0.15) is 12.5 Å². The van der Waals surface area contributed by atoms with Crippen LogP contribution in [0.3, 0.4) is 0 Å². The summed E-state index contributed by atoms with van der Waals surface area (Å²) in [7, 11) is -3.82. The molecule has 2 rings (SSSR count). The lowest BCUT2D eigenvalue weighted by molar-refractivity contribution is -0.123. The highest BCUT2D eigenvalue weighted by atomic mass is 32.2. The molecule has 21 heavy (non-hydrogen) atoms. The molecule has 0 saturated carbocycles. The molecule has 0 aromatic heterocycles. The number of anilines is 1. The molecule has 1 aromatic rings. The molecule has 0 radical (unpaired) electrons. The van der Waals surface area contributed by atoms with Crippen molar-refractivity contribution in [1.82, 2.24) is 5.32 Å². The predicted octanol–water partition coefficient (Wildman–Crippen LogP) is -0.0422. The molecule has 0 unspecified atom stereocenters. The zero-order valence-corrected chi connectivity index (χ0v) is 12.7. The molecule has 0 spiro atoms. The Hall–Kier alpha value is -1.48.